The van der Waals surface area contributed by atoms with Gasteiger partial charge in [-0.05, 0) is 43.2 Å². The van der Waals surface area contributed by atoms with Crippen LogP contribution >= 0.6 is 0 Å². The second-order valence-corrected chi connectivity index (χ2v) is 6.40. The third-order valence-corrected chi connectivity index (χ3v) is 4.85. The van der Waals surface area contributed by atoms with E-state index in [9.17, 15) is 0 Å². The number of morpholine rings is 1. The molecule has 1 aromatic heterocycles. The van der Waals surface area contributed by atoms with Gasteiger partial charge in [0.05, 0.1) is 13.2 Å². The summed E-state index contributed by atoms with van der Waals surface area (Å²) in [5, 5.41) is 11.7. The van der Waals surface area contributed by atoms with Crippen molar-refractivity contribution in [2.24, 2.45) is 0 Å². The molecule has 3 rings (SSSR count). The predicted octanol–water partition coefficient (Wildman–Crippen LogP) is 0.558. The average Bonchev–Trinajstić information content (AvgIpc) is 2.95. The molecular formula is C15H28N6O. The summed E-state index contributed by atoms with van der Waals surface area (Å²) in [7, 11) is 0. The number of nitrogens with zero attached hydrogens (tertiary/aromatic N) is 6. The molecule has 124 valence electrons. The SMILES string of the molecule is Cc1nnnn1CCCN1CCCC[C@@H]1CN1CCOCC1. The van der Waals surface area contributed by atoms with E-state index in [0.717, 1.165) is 51.6 Å². The number of piperidine rings is 1. The van der Waals surface area contributed by atoms with Crippen molar-refractivity contribution >= 4 is 0 Å². The van der Waals surface area contributed by atoms with Crippen LogP contribution < -0.4 is 0 Å². The monoisotopic (exact) mass is 308 g/mol. The van der Waals surface area contributed by atoms with Crippen LogP contribution in [-0.2, 0) is 11.3 Å². The Morgan fingerprint density at radius 1 is 1.14 bits per heavy atom. The van der Waals surface area contributed by atoms with Crippen LogP contribution in [0.2, 0.25) is 0 Å². The van der Waals surface area contributed by atoms with E-state index < -0.39 is 0 Å². The Labute approximate surface area is 132 Å². The van der Waals surface area contributed by atoms with Gasteiger partial charge in [-0.15, -0.1) is 5.10 Å². The maximum atomic E-state index is 5.46. The predicted molar refractivity (Wildman–Crippen MR) is 83.6 cm³/mol. The van der Waals surface area contributed by atoms with E-state index in [1.54, 1.807) is 0 Å². The molecule has 2 fully saturated rings. The van der Waals surface area contributed by atoms with Crippen LogP contribution in [0.1, 0.15) is 31.5 Å². The summed E-state index contributed by atoms with van der Waals surface area (Å²) in [5.74, 6) is 0.906. The highest BCUT2D eigenvalue weighted by Crippen LogP contribution is 2.19. The van der Waals surface area contributed by atoms with Gasteiger partial charge < -0.3 is 4.74 Å². The molecular weight excluding hydrogens is 280 g/mol. The summed E-state index contributed by atoms with van der Waals surface area (Å²) >= 11 is 0. The van der Waals surface area contributed by atoms with E-state index in [2.05, 4.69) is 25.3 Å². The zero-order valence-electron chi connectivity index (χ0n) is 13.7. The van der Waals surface area contributed by atoms with Gasteiger partial charge in [-0.1, -0.05) is 6.42 Å². The Morgan fingerprint density at radius 2 is 2.00 bits per heavy atom. The van der Waals surface area contributed by atoms with Gasteiger partial charge in [0.1, 0.15) is 5.82 Å². The van der Waals surface area contributed by atoms with Gasteiger partial charge >= 0.3 is 0 Å². The molecule has 3 heterocycles. The number of hydrogen-bond acceptors (Lipinski definition) is 6. The minimum Gasteiger partial charge on any atom is -0.379 e. The molecule has 22 heavy (non-hydrogen) atoms. The molecule has 2 aliphatic heterocycles. The molecule has 0 spiro atoms. The van der Waals surface area contributed by atoms with Crippen molar-refractivity contribution in [1.82, 2.24) is 30.0 Å². The molecule has 2 saturated heterocycles. The molecule has 1 aromatic rings. The van der Waals surface area contributed by atoms with Crippen molar-refractivity contribution in [2.75, 3.05) is 45.9 Å². The zero-order chi connectivity index (χ0) is 15.2. The second kappa shape index (κ2) is 7.99. The van der Waals surface area contributed by atoms with Crippen LogP contribution in [0.15, 0.2) is 0 Å². The van der Waals surface area contributed by atoms with Crippen LogP contribution in [0, 0.1) is 6.92 Å². The molecule has 0 radical (unpaired) electrons. The standard InChI is InChI=1S/C15H28N6O/c1-14-16-17-18-21(14)8-4-7-20-6-3-2-5-15(20)13-19-9-11-22-12-10-19/h15H,2-13H2,1H3/t15-/m1/s1. The second-order valence-electron chi connectivity index (χ2n) is 6.40. The summed E-state index contributed by atoms with van der Waals surface area (Å²) in [6.07, 6.45) is 5.16. The van der Waals surface area contributed by atoms with Gasteiger partial charge in [0.15, 0.2) is 0 Å². The van der Waals surface area contributed by atoms with Crippen LogP contribution in [0.5, 0.6) is 0 Å². The number of aryl methyl sites for hydroxylation is 2. The third-order valence-electron chi connectivity index (χ3n) is 4.85. The Balaban J connectivity index is 1.46. The first-order valence-electron chi connectivity index (χ1n) is 8.60. The lowest BCUT2D eigenvalue weighted by molar-refractivity contribution is 0.0163. The van der Waals surface area contributed by atoms with Crippen molar-refractivity contribution in [1.29, 1.82) is 0 Å². The number of hydrogen-bond donors (Lipinski definition) is 0. The molecule has 0 saturated carbocycles. The molecule has 0 bridgehead atoms. The first kappa shape index (κ1) is 15.8. The summed E-state index contributed by atoms with van der Waals surface area (Å²) in [6.45, 7) is 10.4. The zero-order valence-corrected chi connectivity index (χ0v) is 13.7. The number of likely N-dealkylation sites (tertiary alicyclic amines) is 1. The summed E-state index contributed by atoms with van der Waals surface area (Å²) in [4.78, 5) is 5.25. The lowest BCUT2D eigenvalue weighted by atomic mass is 10.0. The maximum Gasteiger partial charge on any atom is 0.148 e. The topological polar surface area (TPSA) is 59.3 Å². The Hall–Kier alpha value is -1.05. The van der Waals surface area contributed by atoms with Crippen molar-refractivity contribution < 1.29 is 4.74 Å². The fraction of sp³-hybridized carbons (Fsp3) is 0.933. The Kier molecular flexibility index (Phi) is 5.75. The number of ether oxygens (including phenoxy) is 1. The number of aromatic nitrogens is 4. The lowest BCUT2D eigenvalue weighted by Gasteiger charge is -2.39. The average molecular weight is 308 g/mol. The van der Waals surface area contributed by atoms with Gasteiger partial charge in [-0.2, -0.15) is 0 Å². The molecule has 0 unspecified atom stereocenters. The van der Waals surface area contributed by atoms with E-state index >= 15 is 0 Å². The van der Waals surface area contributed by atoms with Crippen molar-refractivity contribution in [3.63, 3.8) is 0 Å². The van der Waals surface area contributed by atoms with Crippen LogP contribution in [-0.4, -0.2) is 82.0 Å². The third kappa shape index (κ3) is 4.24. The van der Waals surface area contributed by atoms with Gasteiger partial charge in [-0.3, -0.25) is 9.80 Å². The molecule has 1 atom stereocenters. The van der Waals surface area contributed by atoms with Crippen LogP contribution in [0.25, 0.3) is 0 Å². The van der Waals surface area contributed by atoms with Gasteiger partial charge in [0.25, 0.3) is 0 Å². The first-order valence-corrected chi connectivity index (χ1v) is 8.60. The van der Waals surface area contributed by atoms with E-state index in [1.165, 1.54) is 32.4 Å². The molecule has 2 aliphatic rings. The van der Waals surface area contributed by atoms with E-state index in [1.807, 2.05) is 11.6 Å². The van der Waals surface area contributed by atoms with Crippen molar-refractivity contribution in [3.05, 3.63) is 5.82 Å². The van der Waals surface area contributed by atoms with Gasteiger partial charge in [-0.25, -0.2) is 4.68 Å². The normalized spacial score (nSPS) is 24.7. The Bertz CT molecular complexity index is 445. The minimum atomic E-state index is 0.710. The highest BCUT2D eigenvalue weighted by molar-refractivity contribution is 4.81. The highest BCUT2D eigenvalue weighted by Gasteiger charge is 2.24. The fourth-order valence-electron chi connectivity index (χ4n) is 3.52. The summed E-state index contributed by atoms with van der Waals surface area (Å²) in [5.41, 5.74) is 0. The van der Waals surface area contributed by atoms with E-state index in [0.29, 0.717) is 6.04 Å². The quantitative estimate of drug-likeness (QED) is 0.765. The smallest absolute Gasteiger partial charge is 0.148 e. The first-order chi connectivity index (χ1) is 10.8. The summed E-state index contributed by atoms with van der Waals surface area (Å²) in [6, 6.07) is 0.710. The summed E-state index contributed by atoms with van der Waals surface area (Å²) < 4.78 is 7.36. The van der Waals surface area contributed by atoms with Gasteiger partial charge in [0, 0.05) is 38.8 Å². The maximum absolute atomic E-state index is 5.46. The molecule has 0 N–H and O–H groups in total. The lowest BCUT2D eigenvalue weighted by Crippen LogP contribution is -2.49. The number of rotatable bonds is 6. The van der Waals surface area contributed by atoms with E-state index in [4.69, 9.17) is 4.74 Å². The largest absolute Gasteiger partial charge is 0.379 e. The molecule has 0 amide bonds. The van der Waals surface area contributed by atoms with Crippen molar-refractivity contribution in [3.8, 4) is 0 Å². The van der Waals surface area contributed by atoms with Crippen molar-refractivity contribution in [2.45, 2.75) is 45.2 Å². The molecule has 7 nitrogen and oxygen atoms in total. The molecule has 0 aliphatic carbocycles. The van der Waals surface area contributed by atoms with E-state index in [-0.39, 0.29) is 0 Å². The van der Waals surface area contributed by atoms with Crippen LogP contribution in [0.4, 0.5) is 0 Å². The molecule has 7 heteroatoms. The fourth-order valence-corrected chi connectivity index (χ4v) is 3.52. The highest BCUT2D eigenvalue weighted by atomic mass is 16.5. The molecule has 0 aromatic carbocycles. The van der Waals surface area contributed by atoms with Gasteiger partial charge in [0.2, 0.25) is 0 Å². The Morgan fingerprint density at radius 3 is 2.77 bits per heavy atom. The number of tetrazole rings is 1. The van der Waals surface area contributed by atoms with Crippen LogP contribution in [0.3, 0.4) is 0 Å². The minimum absolute atomic E-state index is 0.710.